The Morgan fingerprint density at radius 2 is 1.66 bits per heavy atom. The molecular weight excluding hydrogens is 390 g/mol. The van der Waals surface area contributed by atoms with Gasteiger partial charge in [-0.2, -0.15) is 0 Å². The molecule has 3 rings (SSSR count). The number of rotatable bonds is 8. The third kappa shape index (κ3) is 5.65. The molecule has 1 aliphatic rings. The Balaban J connectivity index is 1.46. The average Bonchev–Trinajstić information content (AvgIpc) is 3.53. The van der Waals surface area contributed by atoms with E-state index in [4.69, 9.17) is 0 Å². The minimum absolute atomic E-state index is 0.0123. The number of anilines is 1. The molecule has 0 aliphatic heterocycles. The van der Waals surface area contributed by atoms with Gasteiger partial charge in [-0.25, -0.2) is 13.1 Å². The third-order valence-electron chi connectivity index (χ3n) is 4.85. The largest absolute Gasteiger partial charge is 0.351 e. The summed E-state index contributed by atoms with van der Waals surface area (Å²) in [6.45, 7) is 4.01. The second-order valence-corrected chi connectivity index (χ2v) is 9.01. The zero-order valence-corrected chi connectivity index (χ0v) is 17.3. The van der Waals surface area contributed by atoms with Crippen LogP contribution in [-0.4, -0.2) is 33.3 Å². The lowest BCUT2D eigenvalue weighted by Crippen LogP contribution is -2.34. The molecule has 3 N–H and O–H groups in total. The molecule has 0 unspecified atom stereocenters. The van der Waals surface area contributed by atoms with E-state index in [1.165, 1.54) is 0 Å². The van der Waals surface area contributed by atoms with Gasteiger partial charge in [0.25, 0.3) is 5.91 Å². The highest BCUT2D eigenvalue weighted by Crippen LogP contribution is 2.30. The highest BCUT2D eigenvalue weighted by Gasteiger charge is 2.29. The molecule has 2 amide bonds. The Labute approximate surface area is 171 Å². The molecule has 2 aromatic carbocycles. The highest BCUT2D eigenvalue weighted by atomic mass is 32.2. The van der Waals surface area contributed by atoms with Crippen LogP contribution in [0.2, 0.25) is 0 Å². The van der Waals surface area contributed by atoms with Gasteiger partial charge < -0.3 is 10.6 Å². The summed E-state index contributed by atoms with van der Waals surface area (Å²) in [6.07, 6.45) is 1.86. The number of benzene rings is 2. The second kappa shape index (κ2) is 8.75. The Morgan fingerprint density at radius 3 is 2.28 bits per heavy atom. The smallest absolute Gasteiger partial charge is 0.251 e. The number of sulfonamides is 1. The maximum absolute atomic E-state index is 12.3. The van der Waals surface area contributed by atoms with Crippen molar-refractivity contribution in [1.82, 2.24) is 10.0 Å². The van der Waals surface area contributed by atoms with E-state index in [1.807, 2.05) is 13.8 Å². The zero-order chi connectivity index (χ0) is 21.0. The van der Waals surface area contributed by atoms with Crippen molar-refractivity contribution >= 4 is 27.5 Å². The van der Waals surface area contributed by atoms with Gasteiger partial charge in [-0.1, -0.05) is 6.07 Å². The topological polar surface area (TPSA) is 104 Å². The van der Waals surface area contributed by atoms with E-state index >= 15 is 0 Å². The molecule has 7 nitrogen and oxygen atoms in total. The van der Waals surface area contributed by atoms with Crippen molar-refractivity contribution in [3.8, 4) is 0 Å². The predicted molar refractivity (Wildman–Crippen MR) is 111 cm³/mol. The number of aryl methyl sites for hydroxylation is 2. The van der Waals surface area contributed by atoms with Gasteiger partial charge in [0.05, 0.1) is 4.90 Å². The molecule has 0 bridgehead atoms. The molecular formula is C21H25N3O4S. The lowest BCUT2D eigenvalue weighted by molar-refractivity contribution is -0.117. The minimum atomic E-state index is -3.62. The fraction of sp³-hybridized carbons (Fsp3) is 0.333. The first-order valence-electron chi connectivity index (χ1n) is 9.52. The molecule has 0 aromatic heterocycles. The van der Waals surface area contributed by atoms with Gasteiger partial charge in [0.15, 0.2) is 0 Å². The first kappa shape index (κ1) is 21.0. The number of amides is 2. The van der Waals surface area contributed by atoms with Crippen LogP contribution in [0.5, 0.6) is 0 Å². The van der Waals surface area contributed by atoms with Crippen LogP contribution in [0.15, 0.2) is 47.4 Å². The van der Waals surface area contributed by atoms with Gasteiger partial charge in [-0.3, -0.25) is 9.59 Å². The number of hydrogen-bond donors (Lipinski definition) is 3. The first-order chi connectivity index (χ1) is 13.8. The van der Waals surface area contributed by atoms with Crippen LogP contribution in [0.4, 0.5) is 5.69 Å². The van der Waals surface area contributed by atoms with Gasteiger partial charge in [-0.05, 0) is 74.2 Å². The molecule has 154 valence electrons. The molecule has 29 heavy (non-hydrogen) atoms. The fourth-order valence-electron chi connectivity index (χ4n) is 2.72. The Kier molecular flexibility index (Phi) is 6.34. The van der Waals surface area contributed by atoms with Gasteiger partial charge in [0, 0.05) is 30.3 Å². The van der Waals surface area contributed by atoms with E-state index in [-0.39, 0.29) is 35.7 Å². The maximum atomic E-state index is 12.3. The molecule has 0 heterocycles. The average molecular weight is 416 g/mol. The third-order valence-corrected chi connectivity index (χ3v) is 6.31. The summed E-state index contributed by atoms with van der Waals surface area (Å²) >= 11 is 0. The summed E-state index contributed by atoms with van der Waals surface area (Å²) in [7, 11) is -3.62. The summed E-state index contributed by atoms with van der Waals surface area (Å²) in [6, 6.07) is 11.6. The van der Waals surface area contributed by atoms with E-state index < -0.39 is 10.0 Å². The number of nitrogens with one attached hydrogen (secondary N) is 3. The number of carbonyl (C=O) groups excluding carboxylic acids is 2. The van der Waals surface area contributed by atoms with Crippen LogP contribution in [0.1, 0.15) is 34.3 Å². The van der Waals surface area contributed by atoms with E-state index in [1.54, 1.807) is 42.5 Å². The number of hydrogen-bond acceptors (Lipinski definition) is 4. The van der Waals surface area contributed by atoms with Crippen molar-refractivity contribution in [1.29, 1.82) is 0 Å². The first-order valence-corrected chi connectivity index (χ1v) is 11.0. The van der Waals surface area contributed by atoms with Crippen LogP contribution in [0.25, 0.3) is 0 Å². The lowest BCUT2D eigenvalue weighted by Gasteiger charge is -2.10. The second-order valence-electron chi connectivity index (χ2n) is 7.24. The molecule has 0 radical (unpaired) electrons. The molecule has 2 aromatic rings. The van der Waals surface area contributed by atoms with Crippen LogP contribution < -0.4 is 15.4 Å². The Bertz CT molecular complexity index is 1010. The Hall–Kier alpha value is -2.71. The highest BCUT2D eigenvalue weighted by molar-refractivity contribution is 7.89. The molecule has 0 saturated heterocycles. The molecule has 0 spiro atoms. The van der Waals surface area contributed by atoms with Gasteiger partial charge in [0.2, 0.25) is 15.9 Å². The Morgan fingerprint density at radius 1 is 0.966 bits per heavy atom. The quantitative estimate of drug-likeness (QED) is 0.576. The zero-order valence-electron chi connectivity index (χ0n) is 16.5. The summed E-state index contributed by atoms with van der Waals surface area (Å²) < 4.78 is 27.1. The fourth-order valence-corrected chi connectivity index (χ4v) is 3.84. The van der Waals surface area contributed by atoms with Crippen LogP contribution >= 0.6 is 0 Å². The molecule has 8 heteroatoms. The maximum Gasteiger partial charge on any atom is 0.251 e. The summed E-state index contributed by atoms with van der Waals surface area (Å²) in [5, 5.41) is 5.49. The van der Waals surface area contributed by atoms with Crippen molar-refractivity contribution < 1.29 is 18.0 Å². The van der Waals surface area contributed by atoms with Crippen LogP contribution in [-0.2, 0) is 14.8 Å². The molecule has 1 aliphatic carbocycles. The van der Waals surface area contributed by atoms with Crippen molar-refractivity contribution in [2.24, 2.45) is 5.92 Å². The lowest BCUT2D eigenvalue weighted by atomic mass is 10.1. The van der Waals surface area contributed by atoms with Crippen LogP contribution in [0.3, 0.4) is 0 Å². The molecule has 1 saturated carbocycles. The number of carbonyl (C=O) groups is 2. The van der Waals surface area contributed by atoms with Crippen molar-refractivity contribution in [3.63, 3.8) is 0 Å². The summed E-state index contributed by atoms with van der Waals surface area (Å²) in [5.74, 6) is -0.181. The predicted octanol–water partition coefficient (Wildman–Crippen LogP) is 2.36. The van der Waals surface area contributed by atoms with E-state index in [0.717, 1.165) is 24.0 Å². The normalized spacial score (nSPS) is 13.7. The minimum Gasteiger partial charge on any atom is -0.351 e. The SMILES string of the molecule is Cc1ccc(S(=O)(=O)NCCNC(=O)c2ccc(NC(=O)C3CC3)cc2)cc1C. The van der Waals surface area contributed by atoms with E-state index in [0.29, 0.717) is 11.3 Å². The van der Waals surface area contributed by atoms with Crippen molar-refractivity contribution in [3.05, 3.63) is 59.2 Å². The van der Waals surface area contributed by atoms with Gasteiger partial charge in [0.1, 0.15) is 0 Å². The van der Waals surface area contributed by atoms with Crippen LogP contribution in [0, 0.1) is 19.8 Å². The molecule has 0 atom stereocenters. The van der Waals surface area contributed by atoms with E-state index in [9.17, 15) is 18.0 Å². The summed E-state index contributed by atoms with van der Waals surface area (Å²) in [5.41, 5.74) is 3.01. The standard InChI is InChI=1S/C21H25N3O4S/c1-14-3-10-19(13-15(14)2)29(27,28)23-12-11-22-20(25)16-6-8-18(9-7-16)24-21(26)17-4-5-17/h3,6-10,13,17,23H,4-5,11-12H2,1-2H3,(H,22,25)(H,24,26). The van der Waals surface area contributed by atoms with Crippen molar-refractivity contribution in [2.75, 3.05) is 18.4 Å². The monoisotopic (exact) mass is 415 g/mol. The van der Waals surface area contributed by atoms with Gasteiger partial charge in [-0.15, -0.1) is 0 Å². The van der Waals surface area contributed by atoms with Crippen molar-refractivity contribution in [2.45, 2.75) is 31.6 Å². The van der Waals surface area contributed by atoms with Gasteiger partial charge >= 0.3 is 0 Å². The molecule has 1 fully saturated rings. The summed E-state index contributed by atoms with van der Waals surface area (Å²) in [4.78, 5) is 24.1. The van der Waals surface area contributed by atoms with E-state index in [2.05, 4.69) is 15.4 Å².